The van der Waals surface area contributed by atoms with Crippen molar-refractivity contribution in [3.05, 3.63) is 0 Å². The maximum atomic E-state index is 11.2. The van der Waals surface area contributed by atoms with Crippen LogP contribution in [-0.2, 0) is 4.79 Å². The second kappa shape index (κ2) is 2.74. The molecular weight excluding hydrogens is 194 g/mol. The topological polar surface area (TPSA) is 69.9 Å². The van der Waals surface area contributed by atoms with E-state index in [0.717, 1.165) is 12.8 Å². The van der Waals surface area contributed by atoms with E-state index >= 15 is 0 Å². The molecule has 0 saturated heterocycles. The zero-order valence-electron chi connectivity index (χ0n) is 9.32. The molecule has 0 amide bonds. The summed E-state index contributed by atoms with van der Waals surface area (Å²) in [4.78, 5) is 11.2. The summed E-state index contributed by atoms with van der Waals surface area (Å²) in [6.07, 6.45) is 1.84. The van der Waals surface area contributed by atoms with Crippen molar-refractivity contribution in [2.75, 3.05) is 0 Å². The second-order valence-corrected chi connectivity index (χ2v) is 5.50. The van der Waals surface area contributed by atoms with Gasteiger partial charge in [-0.15, -0.1) is 0 Å². The molecule has 2 N–H and O–H groups in total. The van der Waals surface area contributed by atoms with Crippen LogP contribution in [0.15, 0.2) is 5.16 Å². The lowest BCUT2D eigenvalue weighted by Gasteiger charge is -2.33. The van der Waals surface area contributed by atoms with Crippen molar-refractivity contribution in [1.29, 1.82) is 0 Å². The number of hydrogen-bond acceptors (Lipinski definition) is 3. The third-order valence-corrected chi connectivity index (χ3v) is 4.94. The van der Waals surface area contributed by atoms with Gasteiger partial charge in [0.15, 0.2) is 0 Å². The number of carboxylic acid groups (broad SMARTS) is 1. The van der Waals surface area contributed by atoms with Crippen LogP contribution in [0, 0.1) is 22.7 Å². The Balaban J connectivity index is 2.54. The van der Waals surface area contributed by atoms with Gasteiger partial charge in [0.1, 0.15) is 5.92 Å². The predicted molar refractivity (Wildman–Crippen MR) is 55.0 cm³/mol. The van der Waals surface area contributed by atoms with Crippen LogP contribution >= 0.6 is 0 Å². The van der Waals surface area contributed by atoms with Crippen LogP contribution in [0.5, 0.6) is 0 Å². The van der Waals surface area contributed by atoms with E-state index in [1.165, 1.54) is 0 Å². The zero-order chi connectivity index (χ0) is 11.4. The molecule has 2 fully saturated rings. The van der Waals surface area contributed by atoms with Gasteiger partial charge in [-0.1, -0.05) is 25.9 Å². The fourth-order valence-electron chi connectivity index (χ4n) is 3.57. The van der Waals surface area contributed by atoms with Gasteiger partial charge in [-0.3, -0.25) is 4.79 Å². The molecule has 0 aliphatic heterocycles. The minimum absolute atomic E-state index is 0.0857. The normalized spacial score (nSPS) is 44.9. The van der Waals surface area contributed by atoms with Gasteiger partial charge in [0.05, 0.1) is 5.71 Å². The Kier molecular flexibility index (Phi) is 1.91. The number of aliphatic carboxylic acids is 1. The Labute approximate surface area is 89.0 Å². The number of nitrogens with zero attached hydrogens (tertiary/aromatic N) is 1. The van der Waals surface area contributed by atoms with Gasteiger partial charge in [-0.2, -0.15) is 0 Å². The van der Waals surface area contributed by atoms with Gasteiger partial charge in [0.2, 0.25) is 0 Å². The van der Waals surface area contributed by atoms with Gasteiger partial charge in [0.25, 0.3) is 0 Å². The van der Waals surface area contributed by atoms with E-state index in [1.54, 1.807) is 0 Å². The first-order valence-electron chi connectivity index (χ1n) is 5.31. The minimum Gasteiger partial charge on any atom is -0.481 e. The van der Waals surface area contributed by atoms with E-state index in [-0.39, 0.29) is 16.7 Å². The number of oxime groups is 1. The Morgan fingerprint density at radius 2 is 2.07 bits per heavy atom. The van der Waals surface area contributed by atoms with Crippen LogP contribution in [0.2, 0.25) is 0 Å². The molecule has 0 spiro atoms. The average molecular weight is 211 g/mol. The van der Waals surface area contributed by atoms with Crippen molar-refractivity contribution >= 4 is 11.7 Å². The maximum Gasteiger partial charge on any atom is 0.312 e. The number of hydrogen-bond donors (Lipinski definition) is 2. The van der Waals surface area contributed by atoms with Gasteiger partial charge in [-0.25, -0.2) is 0 Å². The number of rotatable bonds is 1. The summed E-state index contributed by atoms with van der Waals surface area (Å²) >= 11 is 0. The van der Waals surface area contributed by atoms with Crippen molar-refractivity contribution in [3.63, 3.8) is 0 Å². The summed E-state index contributed by atoms with van der Waals surface area (Å²) in [5.41, 5.74) is 0.129. The Morgan fingerprint density at radius 1 is 1.47 bits per heavy atom. The van der Waals surface area contributed by atoms with E-state index in [1.807, 2.05) is 6.92 Å². The highest BCUT2D eigenvalue weighted by molar-refractivity contribution is 6.07. The Hall–Kier alpha value is -1.06. The first kappa shape index (κ1) is 10.5. The molecule has 0 unspecified atom stereocenters. The largest absolute Gasteiger partial charge is 0.481 e. The van der Waals surface area contributed by atoms with Crippen molar-refractivity contribution in [2.45, 2.75) is 33.6 Å². The SMILES string of the molecule is CC1(C)[C@@H]2CC[C@@]1(C)/C(=N\O)[C@H]2C(=O)O. The fraction of sp³-hybridized carbons (Fsp3) is 0.818. The quantitative estimate of drug-likeness (QED) is 0.514. The zero-order valence-corrected chi connectivity index (χ0v) is 9.32. The molecule has 2 aliphatic carbocycles. The molecule has 2 saturated carbocycles. The summed E-state index contributed by atoms with van der Waals surface area (Å²) in [7, 11) is 0. The summed E-state index contributed by atoms with van der Waals surface area (Å²) in [6, 6.07) is 0. The van der Waals surface area contributed by atoms with Crippen LogP contribution in [0.4, 0.5) is 0 Å². The Bertz CT molecular complexity index is 348. The lowest BCUT2D eigenvalue weighted by Crippen LogP contribution is -2.35. The van der Waals surface area contributed by atoms with Gasteiger partial charge in [-0.05, 0) is 24.2 Å². The molecule has 84 valence electrons. The van der Waals surface area contributed by atoms with Gasteiger partial charge >= 0.3 is 5.97 Å². The van der Waals surface area contributed by atoms with Crippen LogP contribution < -0.4 is 0 Å². The maximum absolute atomic E-state index is 11.2. The standard InChI is InChI=1S/C11H17NO3/c1-10(2)6-4-5-11(10,3)8(12-15)7(6)9(13)14/h6-7,15H,4-5H2,1-3H3,(H,13,14)/b12-8-/t6-,7+,11+/m1/s1. The van der Waals surface area contributed by atoms with Gasteiger partial charge in [0, 0.05) is 5.41 Å². The highest BCUT2D eigenvalue weighted by atomic mass is 16.4. The van der Waals surface area contributed by atoms with Crippen LogP contribution in [0.1, 0.15) is 33.6 Å². The van der Waals surface area contributed by atoms with E-state index in [9.17, 15) is 9.90 Å². The summed E-state index contributed by atoms with van der Waals surface area (Å²) < 4.78 is 0. The number of carbonyl (C=O) groups is 1. The Morgan fingerprint density at radius 3 is 2.47 bits per heavy atom. The molecule has 4 nitrogen and oxygen atoms in total. The minimum atomic E-state index is -0.857. The predicted octanol–water partition coefficient (Wildman–Crippen LogP) is 1.97. The molecule has 2 rings (SSSR count). The second-order valence-electron chi connectivity index (χ2n) is 5.50. The molecule has 2 aliphatic rings. The molecule has 4 heteroatoms. The molecule has 0 radical (unpaired) electrons. The summed E-state index contributed by atoms with van der Waals surface area (Å²) in [6.45, 7) is 6.18. The van der Waals surface area contributed by atoms with Crippen molar-refractivity contribution < 1.29 is 15.1 Å². The smallest absolute Gasteiger partial charge is 0.312 e. The monoisotopic (exact) mass is 211 g/mol. The number of carboxylic acids is 1. The summed E-state index contributed by atoms with van der Waals surface area (Å²) in [5, 5.41) is 21.5. The third-order valence-electron chi connectivity index (χ3n) is 4.94. The lowest BCUT2D eigenvalue weighted by molar-refractivity contribution is -0.141. The first-order chi connectivity index (χ1) is 6.86. The van der Waals surface area contributed by atoms with Crippen molar-refractivity contribution in [3.8, 4) is 0 Å². The summed E-state index contributed by atoms with van der Waals surface area (Å²) in [5.74, 6) is -1.35. The molecule has 0 aromatic heterocycles. The molecule has 0 aromatic carbocycles. The molecule has 2 bridgehead atoms. The first-order valence-corrected chi connectivity index (χ1v) is 5.31. The molecule has 15 heavy (non-hydrogen) atoms. The highest BCUT2D eigenvalue weighted by Gasteiger charge is 2.66. The van der Waals surface area contributed by atoms with Crippen LogP contribution in [-0.4, -0.2) is 22.0 Å². The highest BCUT2D eigenvalue weighted by Crippen LogP contribution is 2.66. The lowest BCUT2D eigenvalue weighted by atomic mass is 9.70. The van der Waals surface area contributed by atoms with E-state index < -0.39 is 11.9 Å². The van der Waals surface area contributed by atoms with Crippen molar-refractivity contribution in [2.24, 2.45) is 27.8 Å². The molecular formula is C11H17NO3. The van der Waals surface area contributed by atoms with Crippen LogP contribution in [0.3, 0.4) is 0 Å². The van der Waals surface area contributed by atoms with E-state index in [4.69, 9.17) is 5.21 Å². The van der Waals surface area contributed by atoms with Gasteiger partial charge < -0.3 is 10.3 Å². The van der Waals surface area contributed by atoms with E-state index in [0.29, 0.717) is 5.71 Å². The average Bonchev–Trinajstić information content (AvgIpc) is 2.46. The third kappa shape index (κ3) is 0.971. The molecule has 0 heterocycles. The van der Waals surface area contributed by atoms with E-state index in [2.05, 4.69) is 19.0 Å². The molecule has 3 atom stereocenters. The fourth-order valence-corrected chi connectivity index (χ4v) is 3.57. The van der Waals surface area contributed by atoms with Crippen LogP contribution in [0.25, 0.3) is 0 Å². The molecule has 0 aromatic rings. The van der Waals surface area contributed by atoms with Crippen molar-refractivity contribution in [1.82, 2.24) is 0 Å². The number of fused-ring (bicyclic) bond motifs is 2.